The third-order valence-corrected chi connectivity index (χ3v) is 4.25. The fourth-order valence-electron chi connectivity index (χ4n) is 3.15. The number of nitrogens with zero attached hydrogens (tertiary/aromatic N) is 3. The highest BCUT2D eigenvalue weighted by Gasteiger charge is 2.27. The molecule has 1 fully saturated rings. The van der Waals surface area contributed by atoms with Crippen LogP contribution in [0.5, 0.6) is 0 Å². The Hall–Kier alpha value is -1.32. The molecule has 1 unspecified atom stereocenters. The van der Waals surface area contributed by atoms with Crippen molar-refractivity contribution in [3.63, 3.8) is 0 Å². The lowest BCUT2D eigenvalue weighted by atomic mass is 10.0. The molecule has 0 radical (unpaired) electrons. The smallest absolute Gasteiger partial charge is 0.245 e. The highest BCUT2D eigenvalue weighted by Crippen LogP contribution is 2.24. The summed E-state index contributed by atoms with van der Waals surface area (Å²) in [4.78, 5) is 18.9. The van der Waals surface area contributed by atoms with Gasteiger partial charge >= 0.3 is 0 Å². The lowest BCUT2D eigenvalue weighted by molar-refractivity contribution is -0.133. The molecule has 4 heteroatoms. The van der Waals surface area contributed by atoms with E-state index in [1.165, 1.54) is 24.2 Å². The molecule has 1 amide bonds. The van der Waals surface area contributed by atoms with Crippen LogP contribution >= 0.6 is 0 Å². The maximum absolute atomic E-state index is 12.4. The normalized spacial score (nSPS) is 20.8. The number of aryl methyl sites for hydroxylation is 1. The molecule has 1 aliphatic carbocycles. The van der Waals surface area contributed by atoms with Crippen molar-refractivity contribution in [2.45, 2.75) is 51.5 Å². The average Bonchev–Trinajstić information content (AvgIpc) is 3.06. The van der Waals surface area contributed by atoms with Crippen molar-refractivity contribution in [1.82, 2.24) is 14.5 Å². The molecule has 0 saturated carbocycles. The van der Waals surface area contributed by atoms with Gasteiger partial charge in [-0.05, 0) is 45.4 Å². The van der Waals surface area contributed by atoms with Gasteiger partial charge in [0.05, 0.1) is 12.0 Å². The van der Waals surface area contributed by atoms with E-state index in [9.17, 15) is 4.79 Å². The first-order valence-corrected chi connectivity index (χ1v) is 7.11. The second-order valence-electron chi connectivity index (χ2n) is 5.46. The number of likely N-dealkylation sites (tertiary alicyclic amines) is 1. The molecule has 2 heterocycles. The number of amides is 1. The fraction of sp³-hybridized carbons (Fsp3) is 0.714. The van der Waals surface area contributed by atoms with Gasteiger partial charge in [0.1, 0.15) is 6.04 Å². The second kappa shape index (κ2) is 4.75. The minimum atomic E-state index is -0.0857. The van der Waals surface area contributed by atoms with Gasteiger partial charge < -0.3 is 9.47 Å². The fourth-order valence-corrected chi connectivity index (χ4v) is 3.15. The Labute approximate surface area is 108 Å². The Morgan fingerprint density at radius 2 is 1.94 bits per heavy atom. The number of hydrogen-bond donors (Lipinski definition) is 0. The van der Waals surface area contributed by atoms with E-state index in [0.717, 1.165) is 38.8 Å². The van der Waals surface area contributed by atoms with E-state index in [-0.39, 0.29) is 11.9 Å². The zero-order valence-corrected chi connectivity index (χ0v) is 11.1. The zero-order chi connectivity index (χ0) is 12.5. The van der Waals surface area contributed by atoms with Gasteiger partial charge in [-0.3, -0.25) is 4.79 Å². The molecule has 3 rings (SSSR count). The van der Waals surface area contributed by atoms with Gasteiger partial charge in [0.15, 0.2) is 0 Å². The second-order valence-corrected chi connectivity index (χ2v) is 5.46. The van der Waals surface area contributed by atoms with Gasteiger partial charge in [-0.2, -0.15) is 0 Å². The van der Waals surface area contributed by atoms with Crippen LogP contribution < -0.4 is 0 Å². The Balaban J connectivity index is 1.81. The quantitative estimate of drug-likeness (QED) is 0.801. The van der Waals surface area contributed by atoms with Crippen LogP contribution in [-0.4, -0.2) is 33.4 Å². The first-order chi connectivity index (χ1) is 8.77. The van der Waals surface area contributed by atoms with E-state index in [2.05, 4.69) is 9.55 Å². The molecule has 18 heavy (non-hydrogen) atoms. The van der Waals surface area contributed by atoms with Crippen LogP contribution in [0, 0.1) is 0 Å². The molecular formula is C14H21N3O. The Morgan fingerprint density at radius 3 is 2.72 bits per heavy atom. The van der Waals surface area contributed by atoms with Crippen LogP contribution in [-0.2, 0) is 17.6 Å². The van der Waals surface area contributed by atoms with E-state index < -0.39 is 0 Å². The summed E-state index contributed by atoms with van der Waals surface area (Å²) in [5, 5.41) is 0. The molecule has 4 nitrogen and oxygen atoms in total. The highest BCUT2D eigenvalue weighted by atomic mass is 16.2. The van der Waals surface area contributed by atoms with E-state index in [4.69, 9.17) is 0 Å². The topological polar surface area (TPSA) is 38.1 Å². The van der Waals surface area contributed by atoms with Crippen LogP contribution in [0.1, 0.15) is 50.0 Å². The summed E-state index contributed by atoms with van der Waals surface area (Å²) in [5.74, 6) is 0.262. The lowest BCUT2D eigenvalue weighted by Gasteiger charge is -2.23. The predicted octanol–water partition coefficient (Wildman–Crippen LogP) is 1.95. The molecule has 0 spiro atoms. The summed E-state index contributed by atoms with van der Waals surface area (Å²) >= 11 is 0. The van der Waals surface area contributed by atoms with Gasteiger partial charge in [-0.15, -0.1) is 0 Å². The van der Waals surface area contributed by atoms with Crippen molar-refractivity contribution in [1.29, 1.82) is 0 Å². The maximum Gasteiger partial charge on any atom is 0.245 e. The number of imidazole rings is 1. The number of carbonyl (C=O) groups is 1. The van der Waals surface area contributed by atoms with E-state index >= 15 is 0 Å². The van der Waals surface area contributed by atoms with Gasteiger partial charge in [-0.1, -0.05) is 0 Å². The largest absolute Gasteiger partial charge is 0.341 e. The molecule has 0 N–H and O–H groups in total. The molecule has 1 aromatic rings. The minimum Gasteiger partial charge on any atom is -0.341 e. The SMILES string of the molecule is CC(C(=O)N1CCCC1)n1cnc2c1CCCC2. The molecule has 0 bridgehead atoms. The predicted molar refractivity (Wildman–Crippen MR) is 69.4 cm³/mol. The van der Waals surface area contributed by atoms with Gasteiger partial charge in [-0.25, -0.2) is 4.98 Å². The van der Waals surface area contributed by atoms with E-state index in [0.29, 0.717) is 0 Å². The van der Waals surface area contributed by atoms with Gasteiger partial charge in [0, 0.05) is 18.8 Å². The van der Waals surface area contributed by atoms with Crippen LogP contribution in [0.25, 0.3) is 0 Å². The molecule has 2 aliphatic rings. The van der Waals surface area contributed by atoms with Crippen LogP contribution in [0.2, 0.25) is 0 Å². The van der Waals surface area contributed by atoms with Crippen molar-refractivity contribution < 1.29 is 4.79 Å². The monoisotopic (exact) mass is 247 g/mol. The molecule has 1 aromatic heterocycles. The molecule has 1 saturated heterocycles. The molecule has 1 atom stereocenters. The minimum absolute atomic E-state index is 0.0857. The third kappa shape index (κ3) is 1.93. The molecular weight excluding hydrogens is 226 g/mol. The van der Waals surface area contributed by atoms with Gasteiger partial charge in [0.2, 0.25) is 5.91 Å². The maximum atomic E-state index is 12.4. The van der Waals surface area contributed by atoms with Crippen LogP contribution in [0.3, 0.4) is 0 Å². The molecule has 0 aromatic carbocycles. The average molecular weight is 247 g/mol. The number of carbonyl (C=O) groups excluding carboxylic acids is 1. The van der Waals surface area contributed by atoms with Crippen molar-refractivity contribution in [3.05, 3.63) is 17.7 Å². The summed E-state index contributed by atoms with van der Waals surface area (Å²) in [6.45, 7) is 3.87. The van der Waals surface area contributed by atoms with Crippen molar-refractivity contribution >= 4 is 5.91 Å². The van der Waals surface area contributed by atoms with Crippen molar-refractivity contribution in [2.75, 3.05) is 13.1 Å². The summed E-state index contributed by atoms with van der Waals surface area (Å²) in [6, 6.07) is -0.0857. The van der Waals surface area contributed by atoms with Gasteiger partial charge in [0.25, 0.3) is 0 Å². The third-order valence-electron chi connectivity index (χ3n) is 4.25. The standard InChI is InChI=1S/C14H21N3O/c1-11(14(18)16-8-4-5-9-16)17-10-15-12-6-2-3-7-13(12)17/h10-11H,2-9H2,1H3. The first kappa shape index (κ1) is 11.8. The summed E-state index contributed by atoms with van der Waals surface area (Å²) in [5.41, 5.74) is 2.50. The molecule has 1 aliphatic heterocycles. The number of aromatic nitrogens is 2. The Kier molecular flexibility index (Phi) is 3.10. The Bertz CT molecular complexity index is 446. The summed E-state index contributed by atoms with van der Waals surface area (Å²) < 4.78 is 2.11. The van der Waals surface area contributed by atoms with Crippen LogP contribution in [0.4, 0.5) is 0 Å². The summed E-state index contributed by atoms with van der Waals surface area (Å²) in [7, 11) is 0. The first-order valence-electron chi connectivity index (χ1n) is 7.11. The number of hydrogen-bond acceptors (Lipinski definition) is 2. The van der Waals surface area contributed by atoms with Crippen LogP contribution in [0.15, 0.2) is 6.33 Å². The number of fused-ring (bicyclic) bond motifs is 1. The van der Waals surface area contributed by atoms with E-state index in [1.807, 2.05) is 18.2 Å². The summed E-state index contributed by atoms with van der Waals surface area (Å²) in [6.07, 6.45) is 8.79. The van der Waals surface area contributed by atoms with Crippen molar-refractivity contribution in [2.24, 2.45) is 0 Å². The lowest BCUT2D eigenvalue weighted by Crippen LogP contribution is -2.34. The Morgan fingerprint density at radius 1 is 1.22 bits per heavy atom. The molecule has 98 valence electrons. The van der Waals surface area contributed by atoms with E-state index in [1.54, 1.807) is 0 Å². The zero-order valence-electron chi connectivity index (χ0n) is 11.1. The van der Waals surface area contributed by atoms with Crippen molar-refractivity contribution in [3.8, 4) is 0 Å². The number of rotatable bonds is 2. The highest BCUT2D eigenvalue weighted by molar-refractivity contribution is 5.80.